The van der Waals surface area contributed by atoms with E-state index in [1.807, 2.05) is 0 Å². The number of hydrogen-bond donors (Lipinski definition) is 1. The van der Waals surface area contributed by atoms with Crippen LogP contribution in [0.25, 0.3) is 0 Å². The Morgan fingerprint density at radius 3 is 2.56 bits per heavy atom. The van der Waals surface area contributed by atoms with Crippen molar-refractivity contribution in [2.24, 2.45) is 5.41 Å². The highest BCUT2D eigenvalue weighted by Crippen LogP contribution is 2.39. The second-order valence-electron chi connectivity index (χ2n) is 5.32. The fourth-order valence-electron chi connectivity index (χ4n) is 2.87. The topological polar surface area (TPSA) is 23.5 Å². The smallest absolute Gasteiger partial charge is 0.146 e. The Balaban J connectivity index is 2.19. The Labute approximate surface area is 108 Å². The Bertz CT molecular complexity index is 415. The average molecular weight is 251 g/mol. The summed E-state index contributed by atoms with van der Waals surface area (Å²) in [4.78, 5) is 2.14. The minimum atomic E-state index is -0.218. The van der Waals surface area contributed by atoms with Crippen molar-refractivity contribution in [2.45, 2.75) is 39.7 Å². The summed E-state index contributed by atoms with van der Waals surface area (Å²) in [7, 11) is 0. The molecule has 1 fully saturated rings. The molecule has 0 aliphatic carbocycles. The maximum absolute atomic E-state index is 14.0. The Kier molecular flexibility index (Phi) is 3.91. The van der Waals surface area contributed by atoms with Gasteiger partial charge in [-0.05, 0) is 42.4 Å². The SMILES string of the molecule is CCC1(CC)CCN(c2ccc(CO)cc2F)C1. The predicted molar refractivity (Wildman–Crippen MR) is 72.2 cm³/mol. The van der Waals surface area contributed by atoms with Crippen LogP contribution in [0.2, 0.25) is 0 Å². The number of benzene rings is 1. The molecule has 0 unspecified atom stereocenters. The lowest BCUT2D eigenvalue weighted by Crippen LogP contribution is -2.26. The quantitative estimate of drug-likeness (QED) is 0.887. The molecular weight excluding hydrogens is 229 g/mol. The van der Waals surface area contributed by atoms with E-state index < -0.39 is 0 Å². The molecule has 0 amide bonds. The van der Waals surface area contributed by atoms with E-state index in [0.29, 0.717) is 16.7 Å². The van der Waals surface area contributed by atoms with Gasteiger partial charge in [-0.3, -0.25) is 0 Å². The first-order valence-electron chi connectivity index (χ1n) is 6.78. The number of aliphatic hydroxyl groups is 1. The lowest BCUT2D eigenvalue weighted by Gasteiger charge is -2.27. The third kappa shape index (κ3) is 2.37. The van der Waals surface area contributed by atoms with Gasteiger partial charge >= 0.3 is 0 Å². The molecule has 0 saturated carbocycles. The number of anilines is 1. The average Bonchev–Trinajstić information content (AvgIpc) is 2.83. The van der Waals surface area contributed by atoms with E-state index in [9.17, 15) is 4.39 Å². The highest BCUT2D eigenvalue weighted by atomic mass is 19.1. The normalized spacial score (nSPS) is 18.3. The largest absolute Gasteiger partial charge is 0.392 e. The van der Waals surface area contributed by atoms with E-state index in [1.54, 1.807) is 12.1 Å². The van der Waals surface area contributed by atoms with Crippen LogP contribution in [0.4, 0.5) is 10.1 Å². The molecule has 0 atom stereocenters. The van der Waals surface area contributed by atoms with E-state index in [-0.39, 0.29) is 12.4 Å². The van der Waals surface area contributed by atoms with Crippen molar-refractivity contribution in [1.29, 1.82) is 0 Å². The zero-order valence-electron chi connectivity index (χ0n) is 11.2. The van der Waals surface area contributed by atoms with Crippen molar-refractivity contribution in [3.8, 4) is 0 Å². The first-order valence-corrected chi connectivity index (χ1v) is 6.78. The summed E-state index contributed by atoms with van der Waals surface area (Å²) in [5.74, 6) is -0.218. The number of rotatable bonds is 4. The minimum absolute atomic E-state index is 0.106. The van der Waals surface area contributed by atoms with Crippen LogP contribution in [0.15, 0.2) is 18.2 Å². The molecule has 1 aromatic rings. The van der Waals surface area contributed by atoms with Gasteiger partial charge in [0.1, 0.15) is 5.82 Å². The maximum atomic E-state index is 14.0. The molecule has 0 radical (unpaired) electrons. The molecule has 0 spiro atoms. The van der Waals surface area contributed by atoms with Crippen LogP contribution in [0.3, 0.4) is 0 Å². The van der Waals surface area contributed by atoms with Gasteiger partial charge in [0.2, 0.25) is 0 Å². The summed E-state index contributed by atoms with van der Waals surface area (Å²) >= 11 is 0. The van der Waals surface area contributed by atoms with Gasteiger partial charge in [-0.15, -0.1) is 0 Å². The van der Waals surface area contributed by atoms with Gasteiger partial charge < -0.3 is 10.0 Å². The van der Waals surface area contributed by atoms with Crippen molar-refractivity contribution < 1.29 is 9.50 Å². The standard InChI is InChI=1S/C15H22FNO/c1-3-15(4-2)7-8-17(11-15)14-6-5-12(10-18)9-13(14)16/h5-6,9,18H,3-4,7-8,10-11H2,1-2H3. The molecule has 0 bridgehead atoms. The van der Waals surface area contributed by atoms with Gasteiger partial charge in [0, 0.05) is 13.1 Å². The number of aliphatic hydroxyl groups excluding tert-OH is 1. The highest BCUT2D eigenvalue weighted by molar-refractivity contribution is 5.50. The zero-order valence-corrected chi connectivity index (χ0v) is 11.2. The Hall–Kier alpha value is -1.09. The summed E-state index contributed by atoms with van der Waals surface area (Å²) in [5, 5.41) is 9.00. The lowest BCUT2D eigenvalue weighted by molar-refractivity contribution is 0.281. The third-order valence-electron chi connectivity index (χ3n) is 4.47. The van der Waals surface area contributed by atoms with Crippen molar-refractivity contribution in [1.82, 2.24) is 0 Å². The second-order valence-corrected chi connectivity index (χ2v) is 5.32. The molecule has 1 saturated heterocycles. The molecule has 1 heterocycles. The van der Waals surface area contributed by atoms with Crippen LogP contribution < -0.4 is 4.90 Å². The molecule has 2 rings (SSSR count). The van der Waals surface area contributed by atoms with Gasteiger partial charge in [0.15, 0.2) is 0 Å². The van der Waals surface area contributed by atoms with Crippen molar-refractivity contribution in [2.75, 3.05) is 18.0 Å². The summed E-state index contributed by atoms with van der Waals surface area (Å²) in [6.45, 7) is 6.20. The Morgan fingerprint density at radius 2 is 2.06 bits per heavy atom. The van der Waals surface area contributed by atoms with Crippen LogP contribution in [0.1, 0.15) is 38.7 Å². The van der Waals surface area contributed by atoms with Crippen LogP contribution in [-0.4, -0.2) is 18.2 Å². The van der Waals surface area contributed by atoms with Gasteiger partial charge in [-0.2, -0.15) is 0 Å². The van der Waals surface area contributed by atoms with Crippen LogP contribution >= 0.6 is 0 Å². The number of halogens is 1. The number of nitrogens with zero attached hydrogens (tertiary/aromatic N) is 1. The minimum Gasteiger partial charge on any atom is -0.392 e. The molecule has 1 aliphatic heterocycles. The van der Waals surface area contributed by atoms with Gasteiger partial charge in [0.25, 0.3) is 0 Å². The van der Waals surface area contributed by atoms with Crippen LogP contribution in [0.5, 0.6) is 0 Å². The zero-order chi connectivity index (χ0) is 13.2. The fourth-order valence-corrected chi connectivity index (χ4v) is 2.87. The molecule has 18 heavy (non-hydrogen) atoms. The van der Waals surface area contributed by atoms with Gasteiger partial charge in [-0.25, -0.2) is 4.39 Å². The van der Waals surface area contributed by atoms with Crippen molar-refractivity contribution >= 4 is 5.69 Å². The van der Waals surface area contributed by atoms with E-state index in [0.717, 1.165) is 32.4 Å². The lowest BCUT2D eigenvalue weighted by atomic mass is 9.82. The summed E-state index contributed by atoms with van der Waals surface area (Å²) in [6.07, 6.45) is 3.44. The van der Waals surface area contributed by atoms with E-state index in [4.69, 9.17) is 5.11 Å². The molecular formula is C15H22FNO. The molecule has 1 aliphatic rings. The number of hydrogen-bond acceptors (Lipinski definition) is 2. The predicted octanol–water partition coefficient (Wildman–Crippen LogP) is 3.33. The maximum Gasteiger partial charge on any atom is 0.146 e. The van der Waals surface area contributed by atoms with E-state index in [2.05, 4.69) is 18.7 Å². The second kappa shape index (κ2) is 5.27. The summed E-state index contributed by atoms with van der Waals surface area (Å²) in [6, 6.07) is 5.03. The molecule has 3 heteroatoms. The van der Waals surface area contributed by atoms with E-state index >= 15 is 0 Å². The van der Waals surface area contributed by atoms with Crippen molar-refractivity contribution in [3.05, 3.63) is 29.6 Å². The first-order chi connectivity index (χ1) is 8.64. The molecule has 1 N–H and O–H groups in total. The summed E-state index contributed by atoms with van der Waals surface area (Å²) in [5.41, 5.74) is 1.66. The highest BCUT2D eigenvalue weighted by Gasteiger charge is 2.35. The molecule has 100 valence electrons. The first kappa shape index (κ1) is 13.3. The van der Waals surface area contributed by atoms with Gasteiger partial charge in [0.05, 0.1) is 12.3 Å². The monoisotopic (exact) mass is 251 g/mol. The fraction of sp³-hybridized carbons (Fsp3) is 0.600. The molecule has 2 nitrogen and oxygen atoms in total. The van der Waals surface area contributed by atoms with Crippen molar-refractivity contribution in [3.63, 3.8) is 0 Å². The van der Waals surface area contributed by atoms with Gasteiger partial charge in [-0.1, -0.05) is 19.9 Å². The Morgan fingerprint density at radius 1 is 1.33 bits per heavy atom. The summed E-state index contributed by atoms with van der Waals surface area (Å²) < 4.78 is 14.0. The molecule has 0 aromatic heterocycles. The van der Waals surface area contributed by atoms with E-state index in [1.165, 1.54) is 6.07 Å². The van der Waals surface area contributed by atoms with Crippen LogP contribution in [0, 0.1) is 11.2 Å². The molecule has 1 aromatic carbocycles. The van der Waals surface area contributed by atoms with Crippen LogP contribution in [-0.2, 0) is 6.61 Å². The third-order valence-corrected chi connectivity index (χ3v) is 4.47.